The van der Waals surface area contributed by atoms with Crippen LogP contribution >= 0.6 is 0 Å². The van der Waals surface area contributed by atoms with E-state index in [0.717, 1.165) is 17.9 Å². The number of nitrogens with one attached hydrogen (secondary N) is 1. The van der Waals surface area contributed by atoms with E-state index in [0.29, 0.717) is 0 Å². The van der Waals surface area contributed by atoms with Gasteiger partial charge in [-0.15, -0.1) is 0 Å². The van der Waals surface area contributed by atoms with Crippen LogP contribution in [-0.4, -0.2) is 21.9 Å². The molecule has 2 rings (SSSR count). The van der Waals surface area contributed by atoms with Crippen molar-refractivity contribution in [3.05, 3.63) is 36.0 Å². The Kier molecular flexibility index (Phi) is 3.83. The molecule has 0 aliphatic carbocycles. The van der Waals surface area contributed by atoms with Gasteiger partial charge in [0.2, 0.25) is 0 Å². The highest BCUT2D eigenvalue weighted by atomic mass is 16.4. The summed E-state index contributed by atoms with van der Waals surface area (Å²) in [5.74, 6) is -0.833. The molecule has 0 atom stereocenters. The molecule has 0 spiro atoms. The molecule has 4 heteroatoms. The molecule has 84 valence electrons. The van der Waals surface area contributed by atoms with E-state index in [9.17, 15) is 0 Å². The Balaban J connectivity index is 0.000000280. The maximum absolute atomic E-state index is 9.00. The van der Waals surface area contributed by atoms with E-state index in [2.05, 4.69) is 6.07 Å². The van der Waals surface area contributed by atoms with Crippen LogP contribution in [0, 0.1) is 5.41 Å². The molecule has 0 fully saturated rings. The number of rotatable bonds is 1. The largest absolute Gasteiger partial charge is 0.481 e. The third kappa shape index (κ3) is 2.70. The predicted octanol–water partition coefficient (Wildman–Crippen LogP) is 2.27. The van der Waals surface area contributed by atoms with Crippen LogP contribution in [0.4, 0.5) is 0 Å². The SMILES string of the molecule is CC(=O)O.Cn1cc(C=N)c2ccccc21. The molecule has 0 saturated carbocycles. The Labute approximate surface area is 93.6 Å². The molecule has 1 aromatic carbocycles. The number of benzene rings is 1. The number of carboxylic acid groups (broad SMARTS) is 1. The zero-order chi connectivity index (χ0) is 12.1. The Morgan fingerprint density at radius 3 is 2.56 bits per heavy atom. The molecule has 0 radical (unpaired) electrons. The van der Waals surface area contributed by atoms with Crippen molar-refractivity contribution in [1.82, 2.24) is 4.57 Å². The third-order valence-electron chi connectivity index (χ3n) is 2.08. The molecular formula is C12H14N2O2. The number of aromatic nitrogens is 1. The van der Waals surface area contributed by atoms with E-state index in [4.69, 9.17) is 15.3 Å². The number of nitrogens with zero attached hydrogens (tertiary/aromatic N) is 1. The summed E-state index contributed by atoms with van der Waals surface area (Å²) in [6, 6.07) is 8.10. The van der Waals surface area contributed by atoms with Gasteiger partial charge in [0.05, 0.1) is 0 Å². The fourth-order valence-electron chi connectivity index (χ4n) is 1.49. The van der Waals surface area contributed by atoms with Crippen LogP contribution in [0.3, 0.4) is 0 Å². The Morgan fingerprint density at radius 1 is 1.44 bits per heavy atom. The summed E-state index contributed by atoms with van der Waals surface area (Å²) in [5, 5.41) is 15.8. The fraction of sp³-hybridized carbons (Fsp3) is 0.167. The van der Waals surface area contributed by atoms with Gasteiger partial charge in [0.25, 0.3) is 5.97 Å². The van der Waals surface area contributed by atoms with Crippen LogP contribution in [0.5, 0.6) is 0 Å². The smallest absolute Gasteiger partial charge is 0.300 e. The van der Waals surface area contributed by atoms with Gasteiger partial charge in [0.15, 0.2) is 0 Å². The van der Waals surface area contributed by atoms with Gasteiger partial charge in [-0.2, -0.15) is 0 Å². The molecule has 0 amide bonds. The van der Waals surface area contributed by atoms with Gasteiger partial charge in [-0.05, 0) is 6.07 Å². The van der Waals surface area contributed by atoms with Crippen molar-refractivity contribution in [1.29, 1.82) is 5.41 Å². The van der Waals surface area contributed by atoms with Crippen molar-refractivity contribution in [3.63, 3.8) is 0 Å². The lowest BCUT2D eigenvalue weighted by molar-refractivity contribution is -0.134. The molecule has 2 aromatic rings. The monoisotopic (exact) mass is 218 g/mol. The van der Waals surface area contributed by atoms with Gasteiger partial charge in [0.1, 0.15) is 0 Å². The normalized spacial score (nSPS) is 9.38. The standard InChI is InChI=1S/C10H10N2.C2H4O2/c1-12-7-8(6-11)9-4-2-3-5-10(9)12;1-2(3)4/h2-7,11H,1H3;1H3,(H,3,4). The Hall–Kier alpha value is -2.10. The van der Waals surface area contributed by atoms with Crippen molar-refractivity contribution in [2.45, 2.75) is 6.92 Å². The van der Waals surface area contributed by atoms with E-state index in [1.807, 2.05) is 36.0 Å². The van der Waals surface area contributed by atoms with E-state index in [1.54, 1.807) is 0 Å². The van der Waals surface area contributed by atoms with Gasteiger partial charge >= 0.3 is 0 Å². The number of hydrogen-bond donors (Lipinski definition) is 2. The summed E-state index contributed by atoms with van der Waals surface area (Å²) in [6.45, 7) is 1.08. The molecule has 0 aliphatic rings. The second-order valence-corrected chi connectivity index (χ2v) is 3.38. The number of fused-ring (bicyclic) bond motifs is 1. The first-order chi connectivity index (χ1) is 7.56. The van der Waals surface area contributed by atoms with Gasteiger partial charge in [-0.25, -0.2) is 0 Å². The zero-order valence-electron chi connectivity index (χ0n) is 9.27. The number of hydrogen-bond acceptors (Lipinski definition) is 2. The van der Waals surface area contributed by atoms with E-state index in [1.165, 1.54) is 11.7 Å². The van der Waals surface area contributed by atoms with Crippen molar-refractivity contribution >= 4 is 23.1 Å². The molecule has 0 unspecified atom stereocenters. The molecule has 1 heterocycles. The van der Waals surface area contributed by atoms with E-state index in [-0.39, 0.29) is 0 Å². The number of aliphatic carboxylic acids is 1. The highest BCUT2D eigenvalue weighted by Gasteiger charge is 2.01. The first kappa shape index (κ1) is 12.0. The van der Waals surface area contributed by atoms with Crippen molar-refractivity contribution in [2.24, 2.45) is 7.05 Å². The second kappa shape index (κ2) is 5.11. The summed E-state index contributed by atoms with van der Waals surface area (Å²) in [6.07, 6.45) is 3.36. The molecule has 0 bridgehead atoms. The van der Waals surface area contributed by atoms with Crippen LogP contribution in [-0.2, 0) is 11.8 Å². The molecule has 0 aliphatic heterocycles. The zero-order valence-corrected chi connectivity index (χ0v) is 9.27. The van der Waals surface area contributed by atoms with Crippen LogP contribution in [0.1, 0.15) is 12.5 Å². The average molecular weight is 218 g/mol. The number of carboxylic acids is 1. The van der Waals surface area contributed by atoms with Gasteiger partial charge in [0, 0.05) is 42.8 Å². The molecule has 1 aromatic heterocycles. The minimum absolute atomic E-state index is 0.833. The summed E-state index contributed by atoms with van der Waals surface area (Å²) < 4.78 is 2.04. The maximum atomic E-state index is 9.00. The number of para-hydroxylation sites is 1. The predicted molar refractivity (Wildman–Crippen MR) is 64.1 cm³/mol. The summed E-state index contributed by atoms with van der Waals surface area (Å²) in [7, 11) is 2.00. The van der Waals surface area contributed by atoms with Crippen LogP contribution < -0.4 is 0 Å². The quantitative estimate of drug-likeness (QED) is 0.721. The topological polar surface area (TPSA) is 66.1 Å². The number of carbonyl (C=O) groups is 1. The minimum Gasteiger partial charge on any atom is -0.481 e. The first-order valence-corrected chi connectivity index (χ1v) is 4.80. The van der Waals surface area contributed by atoms with Gasteiger partial charge in [-0.1, -0.05) is 18.2 Å². The highest BCUT2D eigenvalue weighted by Crippen LogP contribution is 2.17. The Morgan fingerprint density at radius 2 is 2.00 bits per heavy atom. The van der Waals surface area contributed by atoms with Crippen molar-refractivity contribution < 1.29 is 9.90 Å². The summed E-state index contributed by atoms with van der Waals surface area (Å²) >= 11 is 0. The van der Waals surface area contributed by atoms with E-state index >= 15 is 0 Å². The summed E-state index contributed by atoms with van der Waals surface area (Å²) in [5.41, 5.74) is 2.16. The lowest BCUT2D eigenvalue weighted by atomic mass is 10.2. The second-order valence-electron chi connectivity index (χ2n) is 3.38. The third-order valence-corrected chi connectivity index (χ3v) is 2.08. The molecule has 0 saturated heterocycles. The van der Waals surface area contributed by atoms with E-state index < -0.39 is 5.97 Å². The van der Waals surface area contributed by atoms with Crippen molar-refractivity contribution in [3.8, 4) is 0 Å². The van der Waals surface area contributed by atoms with Crippen molar-refractivity contribution in [2.75, 3.05) is 0 Å². The van der Waals surface area contributed by atoms with Crippen LogP contribution in [0.25, 0.3) is 10.9 Å². The molecule has 16 heavy (non-hydrogen) atoms. The average Bonchev–Trinajstić information content (AvgIpc) is 2.56. The lowest BCUT2D eigenvalue weighted by Crippen LogP contribution is -1.81. The van der Waals surface area contributed by atoms with Crippen LogP contribution in [0.2, 0.25) is 0 Å². The minimum atomic E-state index is -0.833. The van der Waals surface area contributed by atoms with Gasteiger partial charge < -0.3 is 15.1 Å². The van der Waals surface area contributed by atoms with Gasteiger partial charge in [-0.3, -0.25) is 4.79 Å². The fourth-order valence-corrected chi connectivity index (χ4v) is 1.49. The Bertz CT molecular complexity index is 511. The van der Waals surface area contributed by atoms with Crippen LogP contribution in [0.15, 0.2) is 30.5 Å². The maximum Gasteiger partial charge on any atom is 0.300 e. The number of aryl methyl sites for hydroxylation is 1. The first-order valence-electron chi connectivity index (χ1n) is 4.80. The molecule has 2 N–H and O–H groups in total. The lowest BCUT2D eigenvalue weighted by Gasteiger charge is -1.92. The summed E-state index contributed by atoms with van der Waals surface area (Å²) in [4.78, 5) is 9.00. The molecular weight excluding hydrogens is 204 g/mol. The molecule has 4 nitrogen and oxygen atoms in total. The highest BCUT2D eigenvalue weighted by molar-refractivity contribution is 5.98.